The summed E-state index contributed by atoms with van der Waals surface area (Å²) in [6.45, 7) is 22.3. The lowest BCUT2D eigenvalue weighted by Gasteiger charge is -2.33. The van der Waals surface area contributed by atoms with E-state index in [-0.39, 0.29) is 28.8 Å². The van der Waals surface area contributed by atoms with Crippen LogP contribution >= 0.6 is 0 Å². The Balaban J connectivity index is 0.000000191. The van der Waals surface area contributed by atoms with Gasteiger partial charge in [-0.05, 0) is 160 Å². The Morgan fingerprint density at radius 3 is 1.81 bits per heavy atom. The van der Waals surface area contributed by atoms with Crippen molar-refractivity contribution >= 4 is 34.6 Å². The van der Waals surface area contributed by atoms with Gasteiger partial charge in [-0.3, -0.25) is 8.80 Å². The van der Waals surface area contributed by atoms with E-state index in [1.165, 1.54) is 39.8 Å². The van der Waals surface area contributed by atoms with Crippen LogP contribution in [0.3, 0.4) is 0 Å². The lowest BCUT2D eigenvalue weighted by atomic mass is 9.97. The third-order valence-electron chi connectivity index (χ3n) is 12.6. The van der Waals surface area contributed by atoms with Gasteiger partial charge in [-0.25, -0.2) is 34.1 Å². The van der Waals surface area contributed by atoms with Crippen LogP contribution in [0.5, 0.6) is 5.75 Å². The Morgan fingerprint density at radius 2 is 1.24 bits per heavy atom. The quantitative estimate of drug-likeness (QED) is 0.140. The second-order valence-corrected chi connectivity index (χ2v) is 20.1. The standard InChI is InChI=1S/C32H38N6O5.C22H21N5O2/c1-20-25-19-34-38(28(39)36(25)21(2)27(20)22-11-9-12-23(17-22)35-15-10-16-35)26-14-13-24(18-33-26)37(29(40)42-31(3,4)5)30(41)43-32(6,7)8;1-13-17(6-4-7-19(13)29-16-8-9-16)20-14(2)18-12-25-27(21-23-10-5-11-24-21)22(28)26(18)15(20)3/h9,11-14,17-19H,10,15-16H2,1-8H3;4-7,10-12,16H,8-9H2,1-3H3. The first-order valence-electron chi connectivity index (χ1n) is 24.0. The Bertz CT molecular complexity index is 3470. The van der Waals surface area contributed by atoms with E-state index in [0.717, 1.165) is 92.4 Å². The summed E-state index contributed by atoms with van der Waals surface area (Å²) >= 11 is 0. The highest BCUT2D eigenvalue weighted by atomic mass is 16.6. The molecule has 18 heteroatoms. The zero-order chi connectivity index (χ0) is 51.4. The predicted octanol–water partition coefficient (Wildman–Crippen LogP) is 9.46. The molecule has 2 fully saturated rings. The number of carbonyl (C=O) groups excluding carboxylic acids is 2. The molecule has 72 heavy (non-hydrogen) atoms. The number of pyridine rings is 1. The summed E-state index contributed by atoms with van der Waals surface area (Å²) in [6.07, 6.45) is 9.79. The van der Waals surface area contributed by atoms with Crippen molar-refractivity contribution in [1.82, 2.24) is 43.3 Å². The first kappa shape index (κ1) is 48.9. The lowest BCUT2D eigenvalue weighted by Crippen LogP contribution is -2.43. The minimum absolute atomic E-state index is 0.124. The third kappa shape index (κ3) is 9.55. The van der Waals surface area contributed by atoms with Crippen molar-refractivity contribution in [2.45, 2.75) is 113 Å². The van der Waals surface area contributed by atoms with Gasteiger partial charge in [0.25, 0.3) is 5.95 Å². The molecular formula is C54H59N11O7. The molecule has 1 aliphatic carbocycles. The Kier molecular flexibility index (Phi) is 12.8. The van der Waals surface area contributed by atoms with Gasteiger partial charge in [0.15, 0.2) is 5.82 Å². The fraction of sp³-hybridized carbons (Fsp3) is 0.352. The first-order valence-corrected chi connectivity index (χ1v) is 24.0. The summed E-state index contributed by atoms with van der Waals surface area (Å²) in [7, 11) is 0. The Hall–Kier alpha value is -8.15. The average Bonchev–Trinajstić information content (AvgIpc) is 4.03. The molecule has 0 bridgehead atoms. The summed E-state index contributed by atoms with van der Waals surface area (Å²) in [4.78, 5) is 68.8. The van der Waals surface area contributed by atoms with Crippen LogP contribution in [0.15, 0.2) is 101 Å². The van der Waals surface area contributed by atoms with E-state index < -0.39 is 23.4 Å². The number of benzene rings is 2. The molecule has 10 rings (SSSR count). The molecule has 0 atom stereocenters. The highest BCUT2D eigenvalue weighted by Crippen LogP contribution is 2.39. The number of hydrogen-bond acceptors (Lipinski definition) is 13. The summed E-state index contributed by atoms with van der Waals surface area (Å²) in [6, 6.07) is 19.2. The molecule has 1 aliphatic heterocycles. The van der Waals surface area contributed by atoms with Crippen LogP contribution in [0.2, 0.25) is 0 Å². The summed E-state index contributed by atoms with van der Waals surface area (Å²) < 4.78 is 22.7. The molecule has 8 aromatic rings. The van der Waals surface area contributed by atoms with Crippen molar-refractivity contribution in [2.24, 2.45) is 0 Å². The second kappa shape index (κ2) is 18.9. The number of aryl methyl sites for hydroxylation is 4. The minimum atomic E-state index is -0.905. The Morgan fingerprint density at radius 1 is 0.653 bits per heavy atom. The SMILES string of the molecule is Cc1c(-c2cccc(N3CCC3)c2)c(C)n2c(=O)n(-c3ccc(N(C(=O)OC(C)(C)C)C(=O)OC(C)(C)C)cn3)ncc12.Cc1c(OC2CC2)cccc1-c1c(C)c2cnn(-c3ncccn3)c(=O)n2c1C. The normalized spacial score (nSPS) is 13.6. The summed E-state index contributed by atoms with van der Waals surface area (Å²) in [5.74, 6) is 1.38. The van der Waals surface area contributed by atoms with Crippen LogP contribution in [0.25, 0.3) is 45.1 Å². The molecule has 18 nitrogen and oxygen atoms in total. The van der Waals surface area contributed by atoms with Gasteiger partial charge >= 0.3 is 23.6 Å². The van der Waals surface area contributed by atoms with Gasteiger partial charge in [0.1, 0.15) is 17.0 Å². The molecule has 2 aliphatic rings. The number of nitrogens with zero attached hydrogens (tertiary/aromatic N) is 11. The van der Waals surface area contributed by atoms with Crippen molar-refractivity contribution in [3.63, 3.8) is 0 Å². The second-order valence-electron chi connectivity index (χ2n) is 20.1. The topological polar surface area (TPSA) is 186 Å². The third-order valence-corrected chi connectivity index (χ3v) is 12.6. The largest absolute Gasteiger partial charge is 0.490 e. The average molecular weight is 974 g/mol. The molecule has 2 amide bonds. The Labute approximate surface area is 416 Å². The molecule has 0 unspecified atom stereocenters. The highest BCUT2D eigenvalue weighted by molar-refractivity contribution is 6.09. The number of rotatable bonds is 8. The van der Waals surface area contributed by atoms with Crippen LogP contribution in [-0.4, -0.2) is 85.9 Å². The number of amides is 2. The van der Waals surface area contributed by atoms with Gasteiger partial charge in [0.2, 0.25) is 0 Å². The molecule has 2 aromatic carbocycles. The summed E-state index contributed by atoms with van der Waals surface area (Å²) in [5, 5.41) is 8.72. The van der Waals surface area contributed by atoms with E-state index in [1.807, 2.05) is 45.9 Å². The van der Waals surface area contributed by atoms with Crippen molar-refractivity contribution < 1.29 is 23.8 Å². The van der Waals surface area contributed by atoms with Gasteiger partial charge in [-0.15, -0.1) is 4.68 Å². The maximum absolute atomic E-state index is 13.8. The zero-order valence-electron chi connectivity index (χ0n) is 42.6. The van der Waals surface area contributed by atoms with E-state index in [1.54, 1.807) is 81.2 Å². The summed E-state index contributed by atoms with van der Waals surface area (Å²) in [5.41, 5.74) is 9.28. The number of carbonyl (C=O) groups is 2. The highest BCUT2D eigenvalue weighted by Gasteiger charge is 2.33. The van der Waals surface area contributed by atoms with E-state index in [4.69, 9.17) is 14.2 Å². The maximum atomic E-state index is 13.8. The minimum Gasteiger partial charge on any atom is -0.490 e. The van der Waals surface area contributed by atoms with Crippen molar-refractivity contribution in [3.8, 4) is 39.8 Å². The van der Waals surface area contributed by atoms with E-state index in [9.17, 15) is 19.2 Å². The van der Waals surface area contributed by atoms with Gasteiger partial charge in [-0.1, -0.05) is 24.3 Å². The molecular weight excluding hydrogens is 915 g/mol. The van der Waals surface area contributed by atoms with Crippen LogP contribution in [0.4, 0.5) is 21.0 Å². The molecule has 0 spiro atoms. The smallest absolute Gasteiger partial charge is 0.424 e. The fourth-order valence-corrected chi connectivity index (χ4v) is 8.90. The number of ether oxygens (including phenoxy) is 3. The van der Waals surface area contributed by atoms with Crippen molar-refractivity contribution in [1.29, 1.82) is 0 Å². The molecule has 372 valence electrons. The monoisotopic (exact) mass is 973 g/mol. The molecule has 7 heterocycles. The molecule has 6 aromatic heterocycles. The number of imide groups is 1. The van der Waals surface area contributed by atoms with Crippen molar-refractivity contribution in [3.05, 3.63) is 141 Å². The zero-order valence-corrected chi connectivity index (χ0v) is 42.6. The van der Waals surface area contributed by atoms with Crippen LogP contribution in [0, 0.1) is 34.6 Å². The van der Waals surface area contributed by atoms with E-state index in [2.05, 4.69) is 61.2 Å². The van der Waals surface area contributed by atoms with Crippen LogP contribution < -0.4 is 25.9 Å². The van der Waals surface area contributed by atoms with Gasteiger partial charge in [0, 0.05) is 53.7 Å². The lowest BCUT2D eigenvalue weighted by molar-refractivity contribution is 0.0430. The van der Waals surface area contributed by atoms with Crippen LogP contribution in [-0.2, 0) is 9.47 Å². The molecule has 1 saturated carbocycles. The van der Waals surface area contributed by atoms with Crippen molar-refractivity contribution in [2.75, 3.05) is 22.9 Å². The first-order chi connectivity index (χ1) is 34.2. The fourth-order valence-electron chi connectivity index (χ4n) is 8.90. The molecule has 1 saturated heterocycles. The van der Waals surface area contributed by atoms with Gasteiger partial charge in [0.05, 0.1) is 41.4 Å². The number of fused-ring (bicyclic) bond motifs is 2. The number of aromatic nitrogens is 9. The van der Waals surface area contributed by atoms with Gasteiger partial charge in [-0.2, -0.15) is 19.8 Å². The van der Waals surface area contributed by atoms with E-state index in [0.29, 0.717) is 11.6 Å². The van der Waals surface area contributed by atoms with E-state index >= 15 is 0 Å². The maximum Gasteiger partial charge on any atom is 0.424 e. The van der Waals surface area contributed by atoms with Crippen LogP contribution in [0.1, 0.15) is 88.9 Å². The van der Waals surface area contributed by atoms with Gasteiger partial charge < -0.3 is 19.1 Å². The predicted molar refractivity (Wildman–Crippen MR) is 275 cm³/mol. The number of anilines is 2. The molecule has 0 radical (unpaired) electrons. The molecule has 0 N–H and O–H groups in total. The number of hydrogen-bond donors (Lipinski definition) is 0.